The van der Waals surface area contributed by atoms with E-state index in [0.717, 1.165) is 17.4 Å². The van der Waals surface area contributed by atoms with Gasteiger partial charge in [-0.15, -0.1) is 11.3 Å². The maximum atomic E-state index is 10.7. The van der Waals surface area contributed by atoms with Crippen LogP contribution in [0.25, 0.3) is 11.1 Å². The molecule has 0 spiro atoms. The van der Waals surface area contributed by atoms with Crippen molar-refractivity contribution < 1.29 is 9.53 Å². The molecule has 0 atom stereocenters. The number of nitrogens with zero attached hydrogens (tertiary/aromatic N) is 2. The molecule has 0 saturated heterocycles. The predicted octanol–water partition coefficient (Wildman–Crippen LogP) is 2.03. The highest BCUT2D eigenvalue weighted by molar-refractivity contribution is 7.12. The first-order chi connectivity index (χ1) is 7.35. The van der Waals surface area contributed by atoms with Gasteiger partial charge in [-0.1, -0.05) is 0 Å². The number of carbonyl (C=O) groups excluding carboxylic acids is 1. The Morgan fingerprint density at radius 3 is 2.73 bits per heavy atom. The van der Waals surface area contributed by atoms with E-state index in [1.165, 1.54) is 18.4 Å². The molecule has 4 nitrogen and oxygen atoms in total. The van der Waals surface area contributed by atoms with Crippen LogP contribution in [-0.4, -0.2) is 23.4 Å². The standard InChI is InChI=1S/C10H8N2O2S/c1-14-10-11-4-7(5-12-10)8-2-3-15-9(8)6-13/h2-6H,1H3. The SMILES string of the molecule is COc1ncc(-c2ccsc2C=O)cn1. The average molecular weight is 220 g/mol. The van der Waals surface area contributed by atoms with Crippen LogP contribution in [0.2, 0.25) is 0 Å². The van der Waals surface area contributed by atoms with E-state index in [-0.39, 0.29) is 0 Å². The summed E-state index contributed by atoms with van der Waals surface area (Å²) in [6.07, 6.45) is 4.12. The van der Waals surface area contributed by atoms with Gasteiger partial charge in [-0.25, -0.2) is 9.97 Å². The van der Waals surface area contributed by atoms with Crippen LogP contribution in [0.15, 0.2) is 23.8 Å². The second-order valence-corrected chi connectivity index (χ2v) is 3.72. The van der Waals surface area contributed by atoms with Crippen molar-refractivity contribution >= 4 is 17.6 Å². The fourth-order valence-corrected chi connectivity index (χ4v) is 1.93. The van der Waals surface area contributed by atoms with Crippen LogP contribution in [0.4, 0.5) is 0 Å². The quantitative estimate of drug-likeness (QED) is 0.742. The van der Waals surface area contributed by atoms with Gasteiger partial charge in [-0.2, -0.15) is 0 Å². The maximum Gasteiger partial charge on any atom is 0.316 e. The highest BCUT2D eigenvalue weighted by Crippen LogP contribution is 2.26. The van der Waals surface area contributed by atoms with Crippen molar-refractivity contribution in [1.82, 2.24) is 9.97 Å². The van der Waals surface area contributed by atoms with Crippen LogP contribution in [-0.2, 0) is 0 Å². The van der Waals surface area contributed by atoms with Gasteiger partial charge in [0.15, 0.2) is 6.29 Å². The number of ether oxygens (including phenoxy) is 1. The maximum absolute atomic E-state index is 10.7. The molecule has 0 aromatic carbocycles. The number of rotatable bonds is 3. The molecular formula is C10H8N2O2S. The molecule has 0 aliphatic heterocycles. The summed E-state index contributed by atoms with van der Waals surface area (Å²) in [4.78, 5) is 19.4. The number of thiophene rings is 1. The highest BCUT2D eigenvalue weighted by atomic mass is 32.1. The van der Waals surface area contributed by atoms with Crippen molar-refractivity contribution in [1.29, 1.82) is 0 Å². The molecule has 2 aromatic rings. The molecule has 0 radical (unpaired) electrons. The molecule has 0 aliphatic carbocycles. The highest BCUT2D eigenvalue weighted by Gasteiger charge is 2.06. The van der Waals surface area contributed by atoms with Gasteiger partial charge in [-0.3, -0.25) is 4.79 Å². The summed E-state index contributed by atoms with van der Waals surface area (Å²) in [6.45, 7) is 0. The molecule has 0 aliphatic rings. The van der Waals surface area contributed by atoms with E-state index in [1.807, 2.05) is 11.4 Å². The summed E-state index contributed by atoms with van der Waals surface area (Å²) in [7, 11) is 1.51. The van der Waals surface area contributed by atoms with Gasteiger partial charge in [0, 0.05) is 23.5 Å². The first-order valence-corrected chi connectivity index (χ1v) is 5.12. The van der Waals surface area contributed by atoms with Crippen LogP contribution in [0.3, 0.4) is 0 Å². The van der Waals surface area contributed by atoms with Crippen molar-refractivity contribution in [2.45, 2.75) is 0 Å². The first kappa shape index (κ1) is 9.79. The normalized spacial score (nSPS) is 9.93. The van der Waals surface area contributed by atoms with E-state index < -0.39 is 0 Å². The second-order valence-electron chi connectivity index (χ2n) is 2.77. The molecule has 0 bridgehead atoms. The number of hydrogen-bond acceptors (Lipinski definition) is 5. The molecule has 0 amide bonds. The molecule has 0 unspecified atom stereocenters. The summed E-state index contributed by atoms with van der Waals surface area (Å²) in [5, 5.41) is 1.86. The third-order valence-electron chi connectivity index (χ3n) is 1.92. The Bertz CT molecular complexity index is 465. The largest absolute Gasteiger partial charge is 0.467 e. The lowest BCUT2D eigenvalue weighted by atomic mass is 10.1. The summed E-state index contributed by atoms with van der Waals surface area (Å²) in [5.41, 5.74) is 1.68. The van der Waals surface area contributed by atoms with Crippen LogP contribution < -0.4 is 4.74 Å². The minimum Gasteiger partial charge on any atom is -0.467 e. The van der Waals surface area contributed by atoms with Crippen molar-refractivity contribution in [2.24, 2.45) is 0 Å². The lowest BCUT2D eigenvalue weighted by molar-refractivity contribution is 0.112. The third-order valence-corrected chi connectivity index (χ3v) is 2.77. The van der Waals surface area contributed by atoms with Crippen molar-refractivity contribution in [3.8, 4) is 17.1 Å². The number of aldehydes is 1. The molecule has 2 rings (SSSR count). The summed E-state index contributed by atoms with van der Waals surface area (Å²) < 4.78 is 4.85. The molecule has 5 heteroatoms. The van der Waals surface area contributed by atoms with Gasteiger partial charge in [-0.05, 0) is 11.4 Å². The van der Waals surface area contributed by atoms with E-state index in [1.54, 1.807) is 12.4 Å². The number of methoxy groups -OCH3 is 1. The lowest BCUT2D eigenvalue weighted by Gasteiger charge is -2.00. The Labute approximate surface area is 90.6 Å². The minimum atomic E-state index is 0.321. The lowest BCUT2D eigenvalue weighted by Crippen LogP contribution is -1.91. The fraction of sp³-hybridized carbons (Fsp3) is 0.100. The van der Waals surface area contributed by atoms with Gasteiger partial charge in [0.2, 0.25) is 0 Å². The van der Waals surface area contributed by atoms with Crippen LogP contribution in [0, 0.1) is 0 Å². The van der Waals surface area contributed by atoms with Gasteiger partial charge >= 0.3 is 6.01 Å². The van der Waals surface area contributed by atoms with Crippen LogP contribution in [0.1, 0.15) is 9.67 Å². The average Bonchev–Trinajstić information content (AvgIpc) is 2.77. The van der Waals surface area contributed by atoms with E-state index in [0.29, 0.717) is 10.9 Å². The van der Waals surface area contributed by atoms with Gasteiger partial charge < -0.3 is 4.74 Å². The van der Waals surface area contributed by atoms with E-state index in [4.69, 9.17) is 4.74 Å². The smallest absolute Gasteiger partial charge is 0.316 e. The monoisotopic (exact) mass is 220 g/mol. The zero-order valence-electron chi connectivity index (χ0n) is 8.01. The van der Waals surface area contributed by atoms with Gasteiger partial charge in [0.05, 0.1) is 12.0 Å². The fourth-order valence-electron chi connectivity index (χ4n) is 1.21. The minimum absolute atomic E-state index is 0.321. The molecule has 0 fully saturated rings. The van der Waals surface area contributed by atoms with Crippen LogP contribution in [0.5, 0.6) is 6.01 Å². The Hall–Kier alpha value is -1.75. The third kappa shape index (κ3) is 1.87. The zero-order valence-corrected chi connectivity index (χ0v) is 8.82. The summed E-state index contributed by atoms with van der Waals surface area (Å²) >= 11 is 1.40. The molecular weight excluding hydrogens is 212 g/mol. The predicted molar refractivity (Wildman–Crippen MR) is 57.3 cm³/mol. The number of carbonyl (C=O) groups is 1. The Kier molecular flexibility index (Phi) is 2.73. The topological polar surface area (TPSA) is 52.1 Å². The second kappa shape index (κ2) is 4.18. The summed E-state index contributed by atoms with van der Waals surface area (Å²) in [5.74, 6) is 0. The van der Waals surface area contributed by atoms with Crippen LogP contribution >= 0.6 is 11.3 Å². The van der Waals surface area contributed by atoms with Crippen molar-refractivity contribution in [3.05, 3.63) is 28.7 Å². The Balaban J connectivity index is 2.41. The molecule has 15 heavy (non-hydrogen) atoms. The molecule has 2 aromatic heterocycles. The zero-order chi connectivity index (χ0) is 10.7. The number of aromatic nitrogens is 2. The first-order valence-electron chi connectivity index (χ1n) is 4.24. The number of hydrogen-bond donors (Lipinski definition) is 0. The van der Waals surface area contributed by atoms with Gasteiger partial charge in [0.1, 0.15) is 0 Å². The molecule has 76 valence electrons. The Morgan fingerprint density at radius 1 is 1.40 bits per heavy atom. The van der Waals surface area contributed by atoms with E-state index in [9.17, 15) is 4.79 Å². The summed E-state index contributed by atoms with van der Waals surface area (Å²) in [6, 6.07) is 2.20. The van der Waals surface area contributed by atoms with Crippen molar-refractivity contribution in [3.63, 3.8) is 0 Å². The molecule has 0 saturated carbocycles. The van der Waals surface area contributed by atoms with Crippen molar-refractivity contribution in [2.75, 3.05) is 7.11 Å². The molecule has 0 N–H and O–H groups in total. The van der Waals surface area contributed by atoms with E-state index in [2.05, 4.69) is 9.97 Å². The Morgan fingerprint density at radius 2 is 2.13 bits per heavy atom. The van der Waals surface area contributed by atoms with Gasteiger partial charge in [0.25, 0.3) is 0 Å². The molecule has 2 heterocycles. The van der Waals surface area contributed by atoms with E-state index >= 15 is 0 Å².